The van der Waals surface area contributed by atoms with E-state index < -0.39 is 30.1 Å². The van der Waals surface area contributed by atoms with Crippen LogP contribution in [0.15, 0.2) is 30.3 Å². The number of carboxylic acid groups (broad SMARTS) is 1. The van der Waals surface area contributed by atoms with Crippen molar-refractivity contribution < 1.29 is 24.2 Å². The molecule has 2 amide bonds. The Labute approximate surface area is 154 Å². The Hall–Kier alpha value is -2.57. The van der Waals surface area contributed by atoms with E-state index in [1.807, 2.05) is 44.2 Å². The summed E-state index contributed by atoms with van der Waals surface area (Å²) in [5, 5.41) is 14.2. The third-order valence-corrected chi connectivity index (χ3v) is 3.76. The van der Waals surface area contributed by atoms with Gasteiger partial charge in [0.1, 0.15) is 18.7 Å². The SMILES string of the molecule is CC(C)C[C@H](NC(=O)OCc1ccccc1)C(=O)N[C@H](C(=O)O)C(C)C. The molecule has 0 bridgehead atoms. The van der Waals surface area contributed by atoms with Crippen LogP contribution >= 0.6 is 0 Å². The number of amides is 2. The molecule has 0 fully saturated rings. The number of hydrogen-bond acceptors (Lipinski definition) is 4. The minimum atomic E-state index is -1.11. The summed E-state index contributed by atoms with van der Waals surface area (Å²) in [5.74, 6) is -1.79. The predicted molar refractivity (Wildman–Crippen MR) is 97.4 cm³/mol. The molecule has 0 aliphatic heterocycles. The molecule has 1 rings (SSSR count). The molecule has 0 saturated carbocycles. The highest BCUT2D eigenvalue weighted by molar-refractivity contribution is 5.89. The Kier molecular flexibility index (Phi) is 8.61. The van der Waals surface area contributed by atoms with Crippen LogP contribution in [0.1, 0.15) is 39.7 Å². The summed E-state index contributed by atoms with van der Waals surface area (Å²) in [4.78, 5) is 35.8. The van der Waals surface area contributed by atoms with Crippen molar-refractivity contribution in [2.75, 3.05) is 0 Å². The Morgan fingerprint density at radius 2 is 1.65 bits per heavy atom. The van der Waals surface area contributed by atoms with Crippen LogP contribution in [0.4, 0.5) is 4.79 Å². The van der Waals surface area contributed by atoms with Gasteiger partial charge in [0.25, 0.3) is 0 Å². The molecule has 144 valence electrons. The average molecular weight is 364 g/mol. The summed E-state index contributed by atoms with van der Waals surface area (Å²) in [7, 11) is 0. The predicted octanol–water partition coefficient (Wildman–Crippen LogP) is 2.55. The first-order valence-electron chi connectivity index (χ1n) is 8.71. The van der Waals surface area contributed by atoms with Crippen LogP contribution in [0, 0.1) is 11.8 Å². The molecule has 1 aromatic rings. The Bertz CT molecular complexity index is 601. The lowest BCUT2D eigenvalue weighted by atomic mass is 10.0. The van der Waals surface area contributed by atoms with Crippen molar-refractivity contribution in [3.05, 3.63) is 35.9 Å². The number of alkyl carbamates (subject to hydrolysis) is 1. The fourth-order valence-electron chi connectivity index (χ4n) is 2.38. The molecule has 0 unspecified atom stereocenters. The molecule has 7 nitrogen and oxygen atoms in total. The van der Waals surface area contributed by atoms with Gasteiger partial charge in [-0.3, -0.25) is 4.79 Å². The summed E-state index contributed by atoms with van der Waals surface area (Å²) in [6, 6.07) is 7.31. The molecule has 0 aliphatic carbocycles. The Balaban J connectivity index is 2.68. The van der Waals surface area contributed by atoms with E-state index in [1.165, 1.54) is 0 Å². The van der Waals surface area contributed by atoms with Crippen molar-refractivity contribution in [2.24, 2.45) is 11.8 Å². The maximum absolute atomic E-state index is 12.5. The minimum absolute atomic E-state index is 0.0897. The number of carboxylic acids is 1. The second kappa shape index (κ2) is 10.4. The molecule has 7 heteroatoms. The number of rotatable bonds is 9. The summed E-state index contributed by atoms with van der Waals surface area (Å²) < 4.78 is 5.14. The number of carbonyl (C=O) groups is 3. The van der Waals surface area contributed by atoms with Crippen molar-refractivity contribution in [3.8, 4) is 0 Å². The largest absolute Gasteiger partial charge is 0.480 e. The van der Waals surface area contributed by atoms with Crippen LogP contribution in [0.25, 0.3) is 0 Å². The molecular formula is C19H28N2O5. The van der Waals surface area contributed by atoms with Gasteiger partial charge in [-0.05, 0) is 23.8 Å². The number of carbonyl (C=O) groups excluding carboxylic acids is 2. The summed E-state index contributed by atoms with van der Waals surface area (Å²) in [6.07, 6.45) is -0.345. The average Bonchev–Trinajstić information content (AvgIpc) is 2.57. The standard InChI is InChI=1S/C19H28N2O5/c1-12(2)10-15(17(22)21-16(13(3)4)18(23)24)20-19(25)26-11-14-8-6-5-7-9-14/h5-9,12-13,15-16H,10-11H2,1-4H3,(H,20,25)(H,21,22)(H,23,24)/t15-,16-/m0/s1. The van der Waals surface area contributed by atoms with Gasteiger partial charge in [0.05, 0.1) is 0 Å². The molecule has 0 radical (unpaired) electrons. The van der Waals surface area contributed by atoms with Crippen molar-refractivity contribution in [1.29, 1.82) is 0 Å². The number of hydrogen-bond donors (Lipinski definition) is 3. The van der Waals surface area contributed by atoms with Gasteiger partial charge in [-0.25, -0.2) is 9.59 Å². The van der Waals surface area contributed by atoms with Crippen molar-refractivity contribution in [1.82, 2.24) is 10.6 Å². The molecule has 0 saturated heterocycles. The summed E-state index contributed by atoms with van der Waals surface area (Å²) in [6.45, 7) is 7.32. The first kappa shape index (κ1) is 21.5. The highest BCUT2D eigenvalue weighted by Gasteiger charge is 2.29. The van der Waals surface area contributed by atoms with Crippen LogP contribution in [-0.4, -0.2) is 35.2 Å². The third kappa shape index (κ3) is 7.55. The van der Waals surface area contributed by atoms with E-state index in [0.717, 1.165) is 5.56 Å². The number of benzene rings is 1. The number of nitrogens with one attached hydrogen (secondary N) is 2. The second-order valence-electron chi connectivity index (χ2n) is 6.96. The van der Waals surface area contributed by atoms with E-state index in [2.05, 4.69) is 10.6 Å². The zero-order chi connectivity index (χ0) is 19.7. The lowest BCUT2D eigenvalue weighted by Gasteiger charge is -2.24. The normalized spacial score (nSPS) is 13.2. The van der Waals surface area contributed by atoms with Crippen LogP contribution in [0.3, 0.4) is 0 Å². The van der Waals surface area contributed by atoms with E-state index in [1.54, 1.807) is 13.8 Å². The Morgan fingerprint density at radius 1 is 1.04 bits per heavy atom. The second-order valence-corrected chi connectivity index (χ2v) is 6.96. The molecule has 2 atom stereocenters. The maximum Gasteiger partial charge on any atom is 0.408 e. The van der Waals surface area contributed by atoms with Gasteiger partial charge in [0.15, 0.2) is 0 Å². The smallest absolute Gasteiger partial charge is 0.408 e. The topological polar surface area (TPSA) is 105 Å². The molecular weight excluding hydrogens is 336 g/mol. The van der Waals surface area contributed by atoms with Gasteiger partial charge in [0.2, 0.25) is 5.91 Å². The fraction of sp³-hybridized carbons (Fsp3) is 0.526. The number of aliphatic carboxylic acids is 1. The zero-order valence-electron chi connectivity index (χ0n) is 15.7. The molecule has 0 aromatic heterocycles. The Morgan fingerprint density at radius 3 is 2.15 bits per heavy atom. The molecule has 3 N–H and O–H groups in total. The molecule has 0 heterocycles. The lowest BCUT2D eigenvalue weighted by Crippen LogP contribution is -2.53. The van der Waals surface area contributed by atoms with E-state index >= 15 is 0 Å². The van der Waals surface area contributed by atoms with Crippen molar-refractivity contribution in [2.45, 2.75) is 52.8 Å². The van der Waals surface area contributed by atoms with E-state index in [-0.39, 0.29) is 18.4 Å². The molecule has 26 heavy (non-hydrogen) atoms. The van der Waals surface area contributed by atoms with Gasteiger partial charge >= 0.3 is 12.1 Å². The molecule has 1 aromatic carbocycles. The summed E-state index contributed by atoms with van der Waals surface area (Å²) in [5.41, 5.74) is 0.832. The first-order valence-corrected chi connectivity index (χ1v) is 8.71. The highest BCUT2D eigenvalue weighted by atomic mass is 16.5. The van der Waals surface area contributed by atoms with Crippen LogP contribution in [0.2, 0.25) is 0 Å². The van der Waals surface area contributed by atoms with Gasteiger partial charge < -0.3 is 20.5 Å². The van der Waals surface area contributed by atoms with Crippen LogP contribution in [-0.2, 0) is 20.9 Å². The van der Waals surface area contributed by atoms with Gasteiger partial charge in [-0.2, -0.15) is 0 Å². The van der Waals surface area contributed by atoms with E-state index in [4.69, 9.17) is 4.74 Å². The molecule has 0 aliphatic rings. The van der Waals surface area contributed by atoms with Gasteiger partial charge in [-0.1, -0.05) is 58.0 Å². The molecule has 0 spiro atoms. The quantitative estimate of drug-likeness (QED) is 0.625. The van der Waals surface area contributed by atoms with E-state index in [0.29, 0.717) is 6.42 Å². The highest BCUT2D eigenvalue weighted by Crippen LogP contribution is 2.09. The van der Waals surface area contributed by atoms with Crippen LogP contribution < -0.4 is 10.6 Å². The van der Waals surface area contributed by atoms with Crippen LogP contribution in [0.5, 0.6) is 0 Å². The summed E-state index contributed by atoms with van der Waals surface area (Å²) >= 11 is 0. The van der Waals surface area contributed by atoms with Gasteiger partial charge in [-0.15, -0.1) is 0 Å². The third-order valence-electron chi connectivity index (χ3n) is 3.76. The first-order chi connectivity index (χ1) is 12.2. The minimum Gasteiger partial charge on any atom is -0.480 e. The monoisotopic (exact) mass is 364 g/mol. The maximum atomic E-state index is 12.5. The lowest BCUT2D eigenvalue weighted by molar-refractivity contribution is -0.143. The van der Waals surface area contributed by atoms with Gasteiger partial charge in [0, 0.05) is 0 Å². The van der Waals surface area contributed by atoms with E-state index in [9.17, 15) is 19.5 Å². The van der Waals surface area contributed by atoms with Crippen molar-refractivity contribution >= 4 is 18.0 Å². The number of ether oxygens (including phenoxy) is 1. The fourth-order valence-corrected chi connectivity index (χ4v) is 2.38. The zero-order valence-corrected chi connectivity index (χ0v) is 15.7. The van der Waals surface area contributed by atoms with Crippen molar-refractivity contribution in [3.63, 3.8) is 0 Å².